The highest BCUT2D eigenvalue weighted by Gasteiger charge is 2.72. The number of benzene rings is 2. The van der Waals surface area contributed by atoms with Crippen molar-refractivity contribution in [1.82, 2.24) is 0 Å². The smallest absolute Gasteiger partial charge is 0.251 e. The van der Waals surface area contributed by atoms with Crippen LogP contribution in [0.3, 0.4) is 0 Å². The summed E-state index contributed by atoms with van der Waals surface area (Å²) in [5, 5.41) is 0. The number of rotatable bonds is 2. The van der Waals surface area contributed by atoms with E-state index in [0.29, 0.717) is 0 Å². The summed E-state index contributed by atoms with van der Waals surface area (Å²) in [6, 6.07) is 14.3. The highest BCUT2D eigenvalue weighted by molar-refractivity contribution is 6.20. The summed E-state index contributed by atoms with van der Waals surface area (Å²) in [5.41, 5.74) is -8.92. The van der Waals surface area contributed by atoms with Gasteiger partial charge in [0.2, 0.25) is 17.6 Å². The number of Topliss-reactive ketones (excluding diaryl/α,β-unsaturated/α-hetero) is 1. The van der Waals surface area contributed by atoms with Crippen LogP contribution in [0.2, 0.25) is 0 Å². The van der Waals surface area contributed by atoms with Crippen molar-refractivity contribution in [2.45, 2.75) is 17.5 Å². The van der Waals surface area contributed by atoms with Crippen LogP contribution >= 0.6 is 0 Å². The number of hydrogen-bond acceptors (Lipinski definition) is 1. The largest absolute Gasteiger partial charge is 0.292 e. The van der Waals surface area contributed by atoms with Gasteiger partial charge in [0.15, 0.2) is 11.7 Å². The van der Waals surface area contributed by atoms with Crippen LogP contribution in [-0.4, -0.2) is 23.3 Å². The van der Waals surface area contributed by atoms with E-state index in [1.54, 1.807) is 12.1 Å². The van der Waals surface area contributed by atoms with Gasteiger partial charge in [0, 0.05) is 11.1 Å². The Balaban J connectivity index is 2.18. The standard InChI is InChI=1S/C20H11F5O/c21-15-16(22)20(25)14(12-9-5-2-6-10-12)13(11-7-3-1-4-8-11)19(15,24)17(23)18(20)26/h1-10,17H/t17-,19-,20-/m1/s1. The molecule has 0 unspecified atom stereocenters. The van der Waals surface area contributed by atoms with E-state index in [9.17, 15) is 18.0 Å². The maximum Gasteiger partial charge on any atom is 0.251 e. The molecule has 0 N–H and O–H groups in total. The Labute approximate surface area is 145 Å². The highest BCUT2D eigenvalue weighted by atomic mass is 19.2. The first-order valence-corrected chi connectivity index (χ1v) is 7.83. The molecule has 3 atom stereocenters. The van der Waals surface area contributed by atoms with E-state index in [1.165, 1.54) is 48.5 Å². The maximum atomic E-state index is 15.6. The molecule has 2 aromatic carbocycles. The molecule has 0 spiro atoms. The Morgan fingerprint density at radius 2 is 1.19 bits per heavy atom. The van der Waals surface area contributed by atoms with Crippen LogP contribution in [-0.2, 0) is 4.79 Å². The van der Waals surface area contributed by atoms with Gasteiger partial charge in [-0.2, -0.15) is 0 Å². The molecule has 3 aliphatic rings. The fourth-order valence-corrected chi connectivity index (χ4v) is 3.62. The molecule has 0 saturated heterocycles. The summed E-state index contributed by atoms with van der Waals surface area (Å²) in [4.78, 5) is 12.2. The summed E-state index contributed by atoms with van der Waals surface area (Å²) < 4.78 is 74.5. The Morgan fingerprint density at radius 1 is 0.731 bits per heavy atom. The van der Waals surface area contributed by atoms with Gasteiger partial charge in [-0.05, 0) is 11.1 Å². The van der Waals surface area contributed by atoms with Gasteiger partial charge in [0.05, 0.1) is 0 Å². The summed E-state index contributed by atoms with van der Waals surface area (Å²) >= 11 is 0. The molecular weight excluding hydrogens is 351 g/mol. The van der Waals surface area contributed by atoms with Crippen molar-refractivity contribution in [2.75, 3.05) is 0 Å². The third kappa shape index (κ3) is 1.81. The van der Waals surface area contributed by atoms with Crippen molar-refractivity contribution in [3.05, 3.63) is 83.4 Å². The number of ketones is 1. The third-order valence-corrected chi connectivity index (χ3v) is 4.82. The lowest BCUT2D eigenvalue weighted by Gasteiger charge is -2.46. The second-order valence-corrected chi connectivity index (χ2v) is 6.21. The molecule has 26 heavy (non-hydrogen) atoms. The number of carbonyl (C=O) groups is 1. The minimum absolute atomic E-state index is 0.0289. The second kappa shape index (κ2) is 5.37. The van der Waals surface area contributed by atoms with Crippen molar-refractivity contribution in [2.24, 2.45) is 0 Å². The van der Waals surface area contributed by atoms with E-state index in [4.69, 9.17) is 0 Å². The monoisotopic (exact) mass is 362 g/mol. The fraction of sp³-hybridized carbons (Fsp3) is 0.150. The summed E-state index contributed by atoms with van der Waals surface area (Å²) in [7, 11) is 0. The Morgan fingerprint density at radius 3 is 1.69 bits per heavy atom. The number of allylic oxidation sites excluding steroid dienone is 4. The lowest BCUT2D eigenvalue weighted by molar-refractivity contribution is -0.138. The first kappa shape index (κ1) is 16.7. The normalized spacial score (nSPS) is 31.0. The van der Waals surface area contributed by atoms with Gasteiger partial charge < -0.3 is 0 Å². The molecule has 0 saturated carbocycles. The zero-order valence-electron chi connectivity index (χ0n) is 13.1. The molecule has 3 aliphatic carbocycles. The highest BCUT2D eigenvalue weighted by Crippen LogP contribution is 2.62. The second-order valence-electron chi connectivity index (χ2n) is 6.21. The molecule has 0 amide bonds. The Kier molecular flexibility index (Phi) is 3.45. The quantitative estimate of drug-likeness (QED) is 0.680. The first-order valence-electron chi connectivity index (χ1n) is 7.83. The lowest BCUT2D eigenvalue weighted by atomic mass is 9.61. The zero-order valence-corrected chi connectivity index (χ0v) is 13.1. The number of halogens is 5. The molecule has 1 nitrogen and oxygen atoms in total. The zero-order chi connectivity index (χ0) is 18.7. The van der Waals surface area contributed by atoms with E-state index in [2.05, 4.69) is 0 Å². The average molecular weight is 362 g/mol. The van der Waals surface area contributed by atoms with Crippen LogP contribution < -0.4 is 0 Å². The number of hydrogen-bond donors (Lipinski definition) is 0. The van der Waals surface area contributed by atoms with Crippen LogP contribution in [0.5, 0.6) is 0 Å². The molecule has 2 aromatic rings. The molecule has 2 bridgehead atoms. The Hall–Kier alpha value is -2.76. The molecule has 0 aliphatic heterocycles. The molecule has 5 rings (SSSR count). The lowest BCUT2D eigenvalue weighted by Crippen LogP contribution is -2.61. The van der Waals surface area contributed by atoms with Gasteiger partial charge in [-0.1, -0.05) is 60.7 Å². The number of fused-ring (bicyclic) bond motifs is 1. The first-order chi connectivity index (χ1) is 12.3. The van der Waals surface area contributed by atoms with E-state index in [1.807, 2.05) is 0 Å². The van der Waals surface area contributed by atoms with Crippen LogP contribution in [0.1, 0.15) is 11.1 Å². The van der Waals surface area contributed by atoms with Crippen molar-refractivity contribution < 1.29 is 26.7 Å². The maximum absolute atomic E-state index is 15.6. The number of carbonyl (C=O) groups excluding carboxylic acids is 1. The third-order valence-electron chi connectivity index (χ3n) is 4.82. The van der Waals surface area contributed by atoms with Gasteiger partial charge >= 0.3 is 0 Å². The van der Waals surface area contributed by atoms with Gasteiger partial charge in [-0.3, -0.25) is 4.79 Å². The van der Waals surface area contributed by atoms with Gasteiger partial charge in [0.25, 0.3) is 5.67 Å². The van der Waals surface area contributed by atoms with E-state index < -0.39 is 46.1 Å². The van der Waals surface area contributed by atoms with Crippen LogP contribution in [0, 0.1) is 0 Å². The van der Waals surface area contributed by atoms with Crippen LogP contribution in [0.15, 0.2) is 72.3 Å². The van der Waals surface area contributed by atoms with Gasteiger partial charge in [-0.25, -0.2) is 22.0 Å². The molecule has 0 fully saturated rings. The van der Waals surface area contributed by atoms with Crippen LogP contribution in [0.25, 0.3) is 11.1 Å². The van der Waals surface area contributed by atoms with Crippen molar-refractivity contribution >= 4 is 16.9 Å². The van der Waals surface area contributed by atoms with Crippen molar-refractivity contribution in [1.29, 1.82) is 0 Å². The van der Waals surface area contributed by atoms with Crippen molar-refractivity contribution in [3.8, 4) is 0 Å². The Bertz CT molecular complexity index is 966. The van der Waals surface area contributed by atoms with Gasteiger partial charge in [-0.15, -0.1) is 0 Å². The number of alkyl halides is 3. The topological polar surface area (TPSA) is 17.1 Å². The predicted octanol–water partition coefficient (Wildman–Crippen LogP) is 5.10. The van der Waals surface area contributed by atoms with Crippen LogP contribution in [0.4, 0.5) is 22.0 Å². The minimum atomic E-state index is -3.72. The SMILES string of the molecule is O=C1[C@@H](F)[C@]2(F)C(F)=C(F)[C@]1(F)C(c1ccccc1)=C2c1ccccc1. The molecule has 0 radical (unpaired) electrons. The molecular formula is C20H11F5O. The van der Waals surface area contributed by atoms with Gasteiger partial charge in [0.1, 0.15) is 0 Å². The summed E-state index contributed by atoms with van der Waals surface area (Å²) in [5.74, 6) is -6.43. The predicted molar refractivity (Wildman–Crippen MR) is 86.5 cm³/mol. The molecule has 6 heteroatoms. The molecule has 0 aromatic heterocycles. The average Bonchev–Trinajstić information content (AvgIpc) is 2.68. The van der Waals surface area contributed by atoms with Crippen molar-refractivity contribution in [3.63, 3.8) is 0 Å². The van der Waals surface area contributed by atoms with E-state index >= 15 is 8.78 Å². The molecule has 0 heterocycles. The van der Waals surface area contributed by atoms with E-state index in [-0.39, 0.29) is 11.1 Å². The molecule has 132 valence electrons. The fourth-order valence-electron chi connectivity index (χ4n) is 3.62. The summed E-state index contributed by atoms with van der Waals surface area (Å²) in [6.07, 6.45) is -3.19. The van der Waals surface area contributed by atoms with E-state index in [0.717, 1.165) is 0 Å². The minimum Gasteiger partial charge on any atom is -0.292 e. The summed E-state index contributed by atoms with van der Waals surface area (Å²) in [6.45, 7) is 0.